The first-order valence-electron chi connectivity index (χ1n) is 7.36. The van der Waals surface area contributed by atoms with E-state index in [9.17, 15) is 10.2 Å². The van der Waals surface area contributed by atoms with E-state index in [2.05, 4.69) is 0 Å². The molecule has 2 aliphatic rings. The van der Waals surface area contributed by atoms with Crippen LogP contribution in [-0.4, -0.2) is 47.5 Å². The summed E-state index contributed by atoms with van der Waals surface area (Å²) in [5.41, 5.74) is 2.02. The minimum Gasteiger partial charge on any atom is -0.490 e. The van der Waals surface area contributed by atoms with E-state index in [1.54, 1.807) is 0 Å². The normalized spacial score (nSPS) is 31.0. The lowest BCUT2D eigenvalue weighted by Crippen LogP contribution is -2.35. The second kappa shape index (κ2) is 5.57. The van der Waals surface area contributed by atoms with Crippen molar-refractivity contribution >= 4 is 0 Å². The van der Waals surface area contributed by atoms with Gasteiger partial charge in [0.2, 0.25) is 0 Å². The van der Waals surface area contributed by atoms with Crippen LogP contribution < -0.4 is 4.74 Å². The highest BCUT2D eigenvalue weighted by Gasteiger charge is 2.33. The molecule has 5 heteroatoms. The largest absolute Gasteiger partial charge is 0.490 e. The van der Waals surface area contributed by atoms with Gasteiger partial charge in [0.15, 0.2) is 5.79 Å². The Bertz CT molecular complexity index is 513. The monoisotopic (exact) mass is 294 g/mol. The molecule has 3 unspecified atom stereocenters. The first-order chi connectivity index (χ1) is 9.94. The van der Waals surface area contributed by atoms with Crippen molar-refractivity contribution < 1.29 is 24.4 Å². The molecule has 21 heavy (non-hydrogen) atoms. The molecule has 3 atom stereocenters. The van der Waals surface area contributed by atoms with Gasteiger partial charge < -0.3 is 24.4 Å². The molecule has 0 bridgehead atoms. The molecule has 1 fully saturated rings. The van der Waals surface area contributed by atoms with Gasteiger partial charge >= 0.3 is 0 Å². The molecule has 1 aromatic carbocycles. The number of aliphatic hydroxyl groups excluding tert-OH is 2. The summed E-state index contributed by atoms with van der Waals surface area (Å²) in [7, 11) is 0. The number of benzene rings is 1. The lowest BCUT2D eigenvalue weighted by molar-refractivity contribution is -0.141. The molecule has 1 aliphatic heterocycles. The van der Waals surface area contributed by atoms with Crippen molar-refractivity contribution in [2.24, 2.45) is 0 Å². The number of fused-ring (bicyclic) bond motifs is 1. The van der Waals surface area contributed by atoms with Gasteiger partial charge in [-0.15, -0.1) is 0 Å². The summed E-state index contributed by atoms with van der Waals surface area (Å²) in [4.78, 5) is 0. The second-order valence-corrected chi connectivity index (χ2v) is 6.20. The fourth-order valence-electron chi connectivity index (χ4n) is 2.90. The number of rotatable bonds is 3. The summed E-state index contributed by atoms with van der Waals surface area (Å²) in [6, 6.07) is 5.77. The fraction of sp³-hybridized carbons (Fsp3) is 0.625. The number of hydrogen-bond acceptors (Lipinski definition) is 5. The van der Waals surface area contributed by atoms with Gasteiger partial charge in [-0.25, -0.2) is 0 Å². The first kappa shape index (κ1) is 14.8. The SMILES string of the molecule is CC1(C)OCC(COc2cccc3c2CC(O)C(O)C3)O1. The molecular weight excluding hydrogens is 272 g/mol. The van der Waals surface area contributed by atoms with E-state index in [0.29, 0.717) is 26.1 Å². The Kier molecular flexibility index (Phi) is 3.92. The highest BCUT2D eigenvalue weighted by atomic mass is 16.7. The van der Waals surface area contributed by atoms with Crippen molar-refractivity contribution in [3.05, 3.63) is 29.3 Å². The second-order valence-electron chi connectivity index (χ2n) is 6.20. The lowest BCUT2D eigenvalue weighted by atomic mass is 9.87. The van der Waals surface area contributed by atoms with Crippen molar-refractivity contribution in [2.75, 3.05) is 13.2 Å². The summed E-state index contributed by atoms with van der Waals surface area (Å²) < 4.78 is 17.1. The zero-order valence-corrected chi connectivity index (χ0v) is 12.4. The van der Waals surface area contributed by atoms with Crippen LogP contribution >= 0.6 is 0 Å². The van der Waals surface area contributed by atoms with Gasteiger partial charge in [0.1, 0.15) is 18.5 Å². The van der Waals surface area contributed by atoms with E-state index in [0.717, 1.165) is 16.9 Å². The van der Waals surface area contributed by atoms with Crippen molar-refractivity contribution in [1.29, 1.82) is 0 Å². The molecule has 2 N–H and O–H groups in total. The Morgan fingerprint density at radius 2 is 2.00 bits per heavy atom. The van der Waals surface area contributed by atoms with Crippen LogP contribution in [0, 0.1) is 0 Å². The van der Waals surface area contributed by atoms with Crippen LogP contribution in [0.1, 0.15) is 25.0 Å². The van der Waals surface area contributed by atoms with Gasteiger partial charge in [0.05, 0.1) is 18.8 Å². The summed E-state index contributed by atoms with van der Waals surface area (Å²) in [6.45, 7) is 4.70. The van der Waals surface area contributed by atoms with Crippen LogP contribution in [0.5, 0.6) is 5.75 Å². The van der Waals surface area contributed by atoms with Gasteiger partial charge in [-0.1, -0.05) is 12.1 Å². The topological polar surface area (TPSA) is 68.2 Å². The van der Waals surface area contributed by atoms with Crippen molar-refractivity contribution in [3.63, 3.8) is 0 Å². The zero-order chi connectivity index (χ0) is 15.0. The molecular formula is C16H22O5. The predicted octanol–water partition coefficient (Wildman–Crippen LogP) is 1.04. The summed E-state index contributed by atoms with van der Waals surface area (Å²) in [5.74, 6) is 0.205. The molecule has 3 rings (SSSR count). The number of hydrogen-bond donors (Lipinski definition) is 2. The molecule has 0 spiro atoms. The van der Waals surface area contributed by atoms with Gasteiger partial charge in [-0.2, -0.15) is 0 Å². The van der Waals surface area contributed by atoms with Gasteiger partial charge in [-0.05, 0) is 25.5 Å². The molecule has 1 saturated heterocycles. The molecule has 0 saturated carbocycles. The zero-order valence-electron chi connectivity index (χ0n) is 12.4. The van der Waals surface area contributed by atoms with Gasteiger partial charge in [0, 0.05) is 18.4 Å². The third kappa shape index (κ3) is 3.21. The molecule has 1 heterocycles. The Hall–Kier alpha value is -1.14. The van der Waals surface area contributed by atoms with E-state index in [1.165, 1.54) is 0 Å². The van der Waals surface area contributed by atoms with Crippen LogP contribution in [0.2, 0.25) is 0 Å². The Balaban J connectivity index is 1.68. The summed E-state index contributed by atoms with van der Waals surface area (Å²) in [5, 5.41) is 19.6. The van der Waals surface area contributed by atoms with Crippen molar-refractivity contribution in [1.82, 2.24) is 0 Å². The minimum atomic E-state index is -0.729. The molecule has 0 aromatic heterocycles. The molecule has 1 aliphatic carbocycles. The highest BCUT2D eigenvalue weighted by Crippen LogP contribution is 2.31. The van der Waals surface area contributed by atoms with Crippen LogP contribution in [0.3, 0.4) is 0 Å². The van der Waals surface area contributed by atoms with E-state index < -0.39 is 18.0 Å². The maximum absolute atomic E-state index is 9.85. The first-order valence-corrected chi connectivity index (χ1v) is 7.36. The molecule has 5 nitrogen and oxygen atoms in total. The third-order valence-corrected chi connectivity index (χ3v) is 4.01. The lowest BCUT2D eigenvalue weighted by Gasteiger charge is -2.27. The van der Waals surface area contributed by atoms with Crippen molar-refractivity contribution in [3.8, 4) is 5.75 Å². The van der Waals surface area contributed by atoms with E-state index in [4.69, 9.17) is 14.2 Å². The van der Waals surface area contributed by atoms with Crippen LogP contribution in [-0.2, 0) is 22.3 Å². The molecule has 0 amide bonds. The Morgan fingerprint density at radius 3 is 2.71 bits per heavy atom. The highest BCUT2D eigenvalue weighted by molar-refractivity contribution is 5.43. The number of aliphatic hydroxyl groups is 2. The summed E-state index contributed by atoms with van der Waals surface area (Å²) >= 11 is 0. The van der Waals surface area contributed by atoms with Gasteiger partial charge in [0.25, 0.3) is 0 Å². The van der Waals surface area contributed by atoms with Crippen LogP contribution in [0.4, 0.5) is 0 Å². The maximum atomic E-state index is 9.85. The average Bonchev–Trinajstić information content (AvgIpc) is 2.77. The molecule has 1 aromatic rings. The van der Waals surface area contributed by atoms with E-state index >= 15 is 0 Å². The predicted molar refractivity (Wildman–Crippen MR) is 76.3 cm³/mol. The minimum absolute atomic E-state index is 0.0880. The maximum Gasteiger partial charge on any atom is 0.163 e. The third-order valence-electron chi connectivity index (χ3n) is 4.01. The van der Waals surface area contributed by atoms with Gasteiger partial charge in [-0.3, -0.25) is 0 Å². The standard InChI is InChI=1S/C16H22O5/c1-16(2)20-9-11(21-16)8-19-15-5-3-4-10-6-13(17)14(18)7-12(10)15/h3-5,11,13-14,17-18H,6-9H2,1-2H3. The average molecular weight is 294 g/mol. The molecule has 0 radical (unpaired) electrons. The van der Waals surface area contributed by atoms with Crippen LogP contribution in [0.15, 0.2) is 18.2 Å². The van der Waals surface area contributed by atoms with Crippen molar-refractivity contribution in [2.45, 2.75) is 50.8 Å². The summed E-state index contributed by atoms with van der Waals surface area (Å²) in [6.07, 6.45) is -0.633. The fourth-order valence-corrected chi connectivity index (χ4v) is 2.90. The smallest absolute Gasteiger partial charge is 0.163 e. The number of ether oxygens (including phenoxy) is 3. The van der Waals surface area contributed by atoms with Crippen LogP contribution in [0.25, 0.3) is 0 Å². The Morgan fingerprint density at radius 1 is 1.24 bits per heavy atom. The quantitative estimate of drug-likeness (QED) is 0.872. The van der Waals surface area contributed by atoms with E-state index in [1.807, 2.05) is 32.0 Å². The molecule has 116 valence electrons. The van der Waals surface area contributed by atoms with E-state index in [-0.39, 0.29) is 6.10 Å². The Labute approximate surface area is 124 Å².